The van der Waals surface area contributed by atoms with E-state index in [9.17, 15) is 9.59 Å². The summed E-state index contributed by atoms with van der Waals surface area (Å²) in [7, 11) is 0. The van der Waals surface area contributed by atoms with Gasteiger partial charge in [-0.3, -0.25) is 0 Å². The van der Waals surface area contributed by atoms with Crippen molar-refractivity contribution < 1.29 is 23.8 Å². The van der Waals surface area contributed by atoms with Crippen molar-refractivity contribution in [3.05, 3.63) is 100 Å². The lowest BCUT2D eigenvalue weighted by molar-refractivity contribution is -0.129. The number of nitrogens with zero attached hydrogens (tertiary/aromatic N) is 1. The Morgan fingerprint density at radius 3 is 2.44 bits per heavy atom. The number of esters is 2. The fraction of sp³-hybridized carbons (Fsp3) is 0.0800. The molecule has 6 nitrogen and oxygen atoms in total. The van der Waals surface area contributed by atoms with Crippen LogP contribution in [0.4, 0.5) is 0 Å². The first-order valence-electron chi connectivity index (χ1n) is 9.85. The molecular weight excluding hydrogens is 430 g/mol. The minimum absolute atomic E-state index is 0.178. The third kappa shape index (κ3) is 5.04. The highest BCUT2D eigenvalue weighted by atomic mass is 35.5. The number of benzene rings is 3. The van der Waals surface area contributed by atoms with Gasteiger partial charge < -0.3 is 14.2 Å². The standard InChI is InChI=1S/C25H18ClNO5/c1-2-30-20-12-8-17(9-13-20)23-27-22(25(29)32-23)14-16-6-10-21(11-7-16)31-24(28)18-4-3-5-19(26)15-18/h3-15H,2H2,1H3/b22-14-. The SMILES string of the molecule is CCOc1ccc(C2=N/C(=C\c3ccc(OC(=O)c4cccc(Cl)c4)cc3)C(=O)O2)cc1. The molecule has 0 radical (unpaired) electrons. The largest absolute Gasteiger partial charge is 0.494 e. The Bertz CT molecular complexity index is 1210. The molecule has 1 aliphatic rings. The highest BCUT2D eigenvalue weighted by Crippen LogP contribution is 2.22. The Morgan fingerprint density at radius 2 is 1.75 bits per heavy atom. The topological polar surface area (TPSA) is 74.2 Å². The maximum absolute atomic E-state index is 12.2. The summed E-state index contributed by atoms with van der Waals surface area (Å²) in [5.74, 6) is 0.280. The van der Waals surface area contributed by atoms with E-state index in [1.54, 1.807) is 72.8 Å². The number of carbonyl (C=O) groups is 2. The van der Waals surface area contributed by atoms with E-state index in [4.69, 9.17) is 25.8 Å². The number of hydrogen-bond acceptors (Lipinski definition) is 6. The fourth-order valence-corrected chi connectivity index (χ4v) is 3.15. The maximum atomic E-state index is 12.2. The number of cyclic esters (lactones) is 1. The second-order valence-corrected chi connectivity index (χ2v) is 7.20. The van der Waals surface area contributed by atoms with Gasteiger partial charge in [0.25, 0.3) is 0 Å². The molecule has 3 aromatic carbocycles. The molecule has 160 valence electrons. The van der Waals surface area contributed by atoms with Crippen LogP contribution in [0.15, 0.2) is 83.5 Å². The van der Waals surface area contributed by atoms with Gasteiger partial charge in [-0.15, -0.1) is 0 Å². The van der Waals surface area contributed by atoms with E-state index in [1.165, 1.54) is 6.07 Å². The predicted octanol–water partition coefficient (Wildman–Crippen LogP) is 5.30. The van der Waals surface area contributed by atoms with Crippen LogP contribution in [0.25, 0.3) is 6.08 Å². The monoisotopic (exact) mass is 447 g/mol. The maximum Gasteiger partial charge on any atom is 0.363 e. The zero-order valence-electron chi connectivity index (χ0n) is 17.1. The van der Waals surface area contributed by atoms with Crippen LogP contribution in [-0.2, 0) is 9.53 Å². The van der Waals surface area contributed by atoms with Gasteiger partial charge in [0.15, 0.2) is 5.70 Å². The van der Waals surface area contributed by atoms with E-state index in [0.717, 1.165) is 5.75 Å². The average Bonchev–Trinajstić information content (AvgIpc) is 3.16. The predicted molar refractivity (Wildman–Crippen MR) is 121 cm³/mol. The Hall–Kier alpha value is -3.90. The Balaban J connectivity index is 1.46. The molecule has 0 amide bonds. The van der Waals surface area contributed by atoms with E-state index < -0.39 is 11.9 Å². The molecule has 4 rings (SSSR count). The van der Waals surface area contributed by atoms with Crippen molar-refractivity contribution in [3.63, 3.8) is 0 Å². The van der Waals surface area contributed by atoms with Crippen molar-refractivity contribution in [3.8, 4) is 11.5 Å². The molecule has 3 aromatic rings. The molecule has 0 aliphatic carbocycles. The summed E-state index contributed by atoms with van der Waals surface area (Å²) in [6.07, 6.45) is 1.60. The van der Waals surface area contributed by atoms with Crippen molar-refractivity contribution >= 4 is 35.5 Å². The Kier molecular flexibility index (Phi) is 6.33. The molecule has 0 N–H and O–H groups in total. The molecule has 0 aromatic heterocycles. The van der Waals surface area contributed by atoms with Gasteiger partial charge in [0.1, 0.15) is 11.5 Å². The van der Waals surface area contributed by atoms with Crippen LogP contribution in [0, 0.1) is 0 Å². The second-order valence-electron chi connectivity index (χ2n) is 6.76. The molecule has 0 saturated heterocycles. The van der Waals surface area contributed by atoms with Crippen LogP contribution in [0.5, 0.6) is 11.5 Å². The van der Waals surface area contributed by atoms with Crippen molar-refractivity contribution in [1.29, 1.82) is 0 Å². The van der Waals surface area contributed by atoms with Gasteiger partial charge in [-0.2, -0.15) is 0 Å². The number of ether oxygens (including phenoxy) is 3. The Labute approximate surface area is 189 Å². The third-order valence-corrected chi connectivity index (χ3v) is 4.72. The summed E-state index contributed by atoms with van der Waals surface area (Å²) in [6, 6.07) is 20.4. The van der Waals surface area contributed by atoms with E-state index in [0.29, 0.717) is 34.1 Å². The number of rotatable bonds is 6. The highest BCUT2D eigenvalue weighted by Gasteiger charge is 2.24. The number of halogens is 1. The van der Waals surface area contributed by atoms with Crippen molar-refractivity contribution in [1.82, 2.24) is 0 Å². The first-order chi connectivity index (χ1) is 15.5. The summed E-state index contributed by atoms with van der Waals surface area (Å²) >= 11 is 5.91. The van der Waals surface area contributed by atoms with Gasteiger partial charge in [-0.1, -0.05) is 29.8 Å². The van der Waals surface area contributed by atoms with Crippen LogP contribution in [-0.4, -0.2) is 24.4 Å². The van der Waals surface area contributed by atoms with Crippen LogP contribution in [0.2, 0.25) is 5.02 Å². The molecular formula is C25H18ClNO5. The van der Waals surface area contributed by atoms with Crippen molar-refractivity contribution in [2.45, 2.75) is 6.92 Å². The molecule has 0 fully saturated rings. The summed E-state index contributed by atoms with van der Waals surface area (Å²) in [5, 5.41) is 0.454. The minimum Gasteiger partial charge on any atom is -0.494 e. The lowest BCUT2D eigenvalue weighted by Crippen LogP contribution is -2.08. The first kappa shape index (κ1) is 21.3. The van der Waals surface area contributed by atoms with Gasteiger partial charge in [-0.05, 0) is 73.2 Å². The molecule has 7 heteroatoms. The molecule has 0 bridgehead atoms. The summed E-state index contributed by atoms with van der Waals surface area (Å²) in [4.78, 5) is 28.7. The minimum atomic E-state index is -0.537. The summed E-state index contributed by atoms with van der Waals surface area (Å²) in [6.45, 7) is 2.48. The average molecular weight is 448 g/mol. The zero-order valence-corrected chi connectivity index (χ0v) is 17.8. The van der Waals surface area contributed by atoms with E-state index >= 15 is 0 Å². The zero-order chi connectivity index (χ0) is 22.5. The van der Waals surface area contributed by atoms with Gasteiger partial charge in [0, 0.05) is 10.6 Å². The lowest BCUT2D eigenvalue weighted by atomic mass is 10.2. The fourth-order valence-electron chi connectivity index (χ4n) is 2.96. The van der Waals surface area contributed by atoms with Gasteiger partial charge in [0.05, 0.1) is 12.2 Å². The van der Waals surface area contributed by atoms with Gasteiger partial charge in [0.2, 0.25) is 5.90 Å². The third-order valence-electron chi connectivity index (χ3n) is 4.49. The number of aliphatic imine (C=N–C) groups is 1. The molecule has 0 unspecified atom stereocenters. The molecule has 0 spiro atoms. The highest BCUT2D eigenvalue weighted by molar-refractivity contribution is 6.30. The smallest absolute Gasteiger partial charge is 0.363 e. The van der Waals surface area contributed by atoms with Gasteiger partial charge in [-0.25, -0.2) is 14.6 Å². The van der Waals surface area contributed by atoms with E-state index in [2.05, 4.69) is 4.99 Å². The van der Waals surface area contributed by atoms with E-state index in [1.807, 2.05) is 6.92 Å². The van der Waals surface area contributed by atoms with Crippen molar-refractivity contribution in [2.75, 3.05) is 6.61 Å². The molecule has 0 saturated carbocycles. The van der Waals surface area contributed by atoms with Crippen molar-refractivity contribution in [2.24, 2.45) is 4.99 Å². The van der Waals surface area contributed by atoms with Crippen LogP contribution in [0.3, 0.4) is 0 Å². The number of hydrogen-bond donors (Lipinski definition) is 0. The number of carbonyl (C=O) groups excluding carboxylic acids is 2. The van der Waals surface area contributed by atoms with E-state index in [-0.39, 0.29) is 11.6 Å². The molecule has 1 aliphatic heterocycles. The molecule has 32 heavy (non-hydrogen) atoms. The second kappa shape index (κ2) is 9.49. The quantitative estimate of drug-likeness (QED) is 0.291. The lowest BCUT2D eigenvalue weighted by Gasteiger charge is -2.05. The van der Waals surface area contributed by atoms with Crippen LogP contribution < -0.4 is 9.47 Å². The summed E-state index contributed by atoms with van der Waals surface area (Å²) < 4.78 is 16.1. The van der Waals surface area contributed by atoms with Crippen LogP contribution >= 0.6 is 11.6 Å². The molecule has 1 heterocycles. The normalized spacial score (nSPS) is 14.1. The van der Waals surface area contributed by atoms with Gasteiger partial charge >= 0.3 is 11.9 Å². The summed E-state index contributed by atoms with van der Waals surface area (Å²) in [5.41, 5.74) is 1.91. The molecule has 0 atom stereocenters. The first-order valence-corrected chi connectivity index (χ1v) is 10.2. The van der Waals surface area contributed by atoms with Crippen LogP contribution in [0.1, 0.15) is 28.4 Å². The Morgan fingerprint density at radius 1 is 1.03 bits per heavy atom.